The van der Waals surface area contributed by atoms with Gasteiger partial charge >= 0.3 is 0 Å². The number of pyridine rings is 1. The fraction of sp³-hybridized carbons (Fsp3) is 0. The summed E-state index contributed by atoms with van der Waals surface area (Å²) in [6.07, 6.45) is 3.44. The van der Waals surface area contributed by atoms with E-state index in [4.69, 9.17) is 0 Å². The second-order valence-electron chi connectivity index (χ2n) is 2.94. The summed E-state index contributed by atoms with van der Waals surface area (Å²) in [6.45, 7) is 0. The van der Waals surface area contributed by atoms with Crippen molar-refractivity contribution in [2.24, 2.45) is 0 Å². The average Bonchev–Trinajstić information content (AvgIpc) is 2.85. The van der Waals surface area contributed by atoms with Gasteiger partial charge in [0.05, 0.1) is 11.2 Å². The van der Waals surface area contributed by atoms with E-state index in [-0.39, 0.29) is 0 Å². The zero-order chi connectivity index (χ0) is 9.38. The average molecular weight is 185 g/mol. The number of aromatic amines is 2. The molecule has 0 radical (unpaired) electrons. The maximum Gasteiger partial charge on any atom is 0.136 e. The van der Waals surface area contributed by atoms with E-state index in [2.05, 4.69) is 25.4 Å². The standard InChI is InChI=1S/C9H7N5/c1-2-6-8(10-4-1)9(14-13-6)7-3-5-11-12-7/h1-5H,(H,11,12)(H,13,14). The van der Waals surface area contributed by atoms with Crippen LogP contribution in [0.5, 0.6) is 0 Å². The molecule has 0 aromatic carbocycles. The number of aromatic nitrogens is 5. The topological polar surface area (TPSA) is 70.2 Å². The van der Waals surface area contributed by atoms with Crippen molar-refractivity contribution in [2.45, 2.75) is 0 Å². The van der Waals surface area contributed by atoms with Crippen molar-refractivity contribution in [3.63, 3.8) is 0 Å². The van der Waals surface area contributed by atoms with Crippen molar-refractivity contribution in [3.8, 4) is 11.4 Å². The van der Waals surface area contributed by atoms with Crippen molar-refractivity contribution < 1.29 is 0 Å². The van der Waals surface area contributed by atoms with Crippen molar-refractivity contribution in [2.75, 3.05) is 0 Å². The number of fused-ring (bicyclic) bond motifs is 1. The summed E-state index contributed by atoms with van der Waals surface area (Å²) in [5.74, 6) is 0. The lowest BCUT2D eigenvalue weighted by atomic mass is 10.2. The lowest BCUT2D eigenvalue weighted by Crippen LogP contribution is -1.80. The molecule has 3 aromatic rings. The number of H-pyrrole nitrogens is 2. The van der Waals surface area contributed by atoms with Crippen LogP contribution in [0.15, 0.2) is 30.6 Å². The Labute approximate surface area is 79.2 Å². The van der Waals surface area contributed by atoms with E-state index in [1.807, 2.05) is 18.2 Å². The van der Waals surface area contributed by atoms with Crippen LogP contribution in [0, 0.1) is 0 Å². The van der Waals surface area contributed by atoms with Gasteiger partial charge < -0.3 is 0 Å². The Kier molecular flexibility index (Phi) is 1.38. The smallest absolute Gasteiger partial charge is 0.136 e. The number of hydrogen-bond acceptors (Lipinski definition) is 3. The predicted molar refractivity (Wildman–Crippen MR) is 51.5 cm³/mol. The molecule has 14 heavy (non-hydrogen) atoms. The van der Waals surface area contributed by atoms with Crippen LogP contribution in [-0.4, -0.2) is 25.4 Å². The molecular weight excluding hydrogens is 178 g/mol. The van der Waals surface area contributed by atoms with Gasteiger partial charge in [0, 0.05) is 12.4 Å². The molecule has 3 rings (SSSR count). The highest BCUT2D eigenvalue weighted by Gasteiger charge is 2.08. The molecule has 0 saturated carbocycles. The fourth-order valence-electron chi connectivity index (χ4n) is 1.43. The number of hydrogen-bond donors (Lipinski definition) is 2. The van der Waals surface area contributed by atoms with Gasteiger partial charge in [-0.1, -0.05) is 0 Å². The third kappa shape index (κ3) is 0.922. The molecular formula is C9H7N5. The van der Waals surface area contributed by atoms with Crippen LogP contribution in [0.25, 0.3) is 22.4 Å². The summed E-state index contributed by atoms with van der Waals surface area (Å²) < 4.78 is 0. The first-order valence-electron chi connectivity index (χ1n) is 4.24. The van der Waals surface area contributed by atoms with Crippen LogP contribution in [0.4, 0.5) is 0 Å². The highest BCUT2D eigenvalue weighted by Crippen LogP contribution is 2.21. The van der Waals surface area contributed by atoms with E-state index >= 15 is 0 Å². The quantitative estimate of drug-likeness (QED) is 0.601. The van der Waals surface area contributed by atoms with E-state index in [0.717, 1.165) is 22.4 Å². The molecule has 3 heterocycles. The summed E-state index contributed by atoms with van der Waals surface area (Å²) >= 11 is 0. The minimum Gasteiger partial charge on any atom is -0.276 e. The van der Waals surface area contributed by atoms with Gasteiger partial charge in [-0.05, 0) is 18.2 Å². The van der Waals surface area contributed by atoms with Gasteiger partial charge in [0.2, 0.25) is 0 Å². The van der Waals surface area contributed by atoms with Gasteiger partial charge in [0.25, 0.3) is 0 Å². The summed E-state index contributed by atoms with van der Waals surface area (Å²) in [7, 11) is 0. The van der Waals surface area contributed by atoms with Gasteiger partial charge in [-0.25, -0.2) is 0 Å². The first kappa shape index (κ1) is 7.25. The summed E-state index contributed by atoms with van der Waals surface area (Å²) in [5.41, 5.74) is 3.46. The van der Waals surface area contributed by atoms with Crippen LogP contribution >= 0.6 is 0 Å². The molecule has 0 atom stereocenters. The first-order valence-corrected chi connectivity index (χ1v) is 4.24. The molecule has 68 valence electrons. The Balaban J connectivity index is 2.33. The minimum atomic E-state index is 0.804. The van der Waals surface area contributed by atoms with Gasteiger partial charge in [-0.3, -0.25) is 15.2 Å². The maximum absolute atomic E-state index is 4.26. The molecule has 0 aliphatic heterocycles. The first-order chi connectivity index (χ1) is 6.95. The normalized spacial score (nSPS) is 10.9. The molecule has 0 aliphatic rings. The Hall–Kier alpha value is -2.17. The van der Waals surface area contributed by atoms with Gasteiger partial charge in [-0.15, -0.1) is 0 Å². The molecule has 5 heteroatoms. The highest BCUT2D eigenvalue weighted by molar-refractivity contribution is 5.87. The molecule has 3 aromatic heterocycles. The maximum atomic E-state index is 4.26. The van der Waals surface area contributed by atoms with Crippen LogP contribution < -0.4 is 0 Å². The van der Waals surface area contributed by atoms with Gasteiger partial charge in [0.15, 0.2) is 0 Å². The SMILES string of the molecule is c1cnc2c(-c3ccn[nH]3)n[nH]c2c1. The van der Waals surface area contributed by atoms with Crippen LogP contribution in [0.3, 0.4) is 0 Å². The molecule has 0 bridgehead atoms. The molecule has 0 fully saturated rings. The highest BCUT2D eigenvalue weighted by atomic mass is 15.2. The van der Waals surface area contributed by atoms with Crippen molar-refractivity contribution in [1.29, 1.82) is 0 Å². The molecule has 5 nitrogen and oxygen atoms in total. The zero-order valence-electron chi connectivity index (χ0n) is 7.23. The minimum absolute atomic E-state index is 0.804. The molecule has 0 unspecified atom stereocenters. The monoisotopic (exact) mass is 185 g/mol. The molecule has 2 N–H and O–H groups in total. The van der Waals surface area contributed by atoms with E-state index in [1.54, 1.807) is 12.4 Å². The summed E-state index contributed by atoms with van der Waals surface area (Å²) in [5, 5.41) is 13.8. The van der Waals surface area contributed by atoms with Crippen LogP contribution in [-0.2, 0) is 0 Å². The fourth-order valence-corrected chi connectivity index (χ4v) is 1.43. The molecule has 0 aliphatic carbocycles. The Morgan fingerprint density at radius 3 is 2.93 bits per heavy atom. The van der Waals surface area contributed by atoms with E-state index in [9.17, 15) is 0 Å². The zero-order valence-corrected chi connectivity index (χ0v) is 7.23. The molecule has 0 amide bonds. The predicted octanol–water partition coefficient (Wildman–Crippen LogP) is 1.35. The van der Waals surface area contributed by atoms with Crippen molar-refractivity contribution >= 4 is 11.0 Å². The van der Waals surface area contributed by atoms with E-state index in [0.29, 0.717) is 0 Å². The van der Waals surface area contributed by atoms with Gasteiger partial charge in [0.1, 0.15) is 11.2 Å². The van der Waals surface area contributed by atoms with Crippen molar-refractivity contribution in [3.05, 3.63) is 30.6 Å². The second-order valence-corrected chi connectivity index (χ2v) is 2.94. The van der Waals surface area contributed by atoms with Crippen LogP contribution in [0.1, 0.15) is 0 Å². The Bertz CT molecular complexity index is 551. The van der Waals surface area contributed by atoms with Gasteiger partial charge in [-0.2, -0.15) is 10.2 Å². The number of nitrogens with zero attached hydrogens (tertiary/aromatic N) is 3. The van der Waals surface area contributed by atoms with Crippen molar-refractivity contribution in [1.82, 2.24) is 25.4 Å². The third-order valence-electron chi connectivity index (χ3n) is 2.08. The molecule has 0 saturated heterocycles. The third-order valence-corrected chi connectivity index (χ3v) is 2.08. The number of nitrogens with one attached hydrogen (secondary N) is 2. The molecule has 0 spiro atoms. The second kappa shape index (κ2) is 2.66. The number of rotatable bonds is 1. The Morgan fingerprint density at radius 2 is 2.07 bits per heavy atom. The lowest BCUT2D eigenvalue weighted by molar-refractivity contribution is 1.07. The van der Waals surface area contributed by atoms with E-state index in [1.165, 1.54) is 0 Å². The Morgan fingerprint density at radius 1 is 1.07 bits per heavy atom. The summed E-state index contributed by atoms with van der Waals surface area (Å²) in [4.78, 5) is 4.26. The lowest BCUT2D eigenvalue weighted by Gasteiger charge is -1.90. The summed E-state index contributed by atoms with van der Waals surface area (Å²) in [6, 6.07) is 5.68. The van der Waals surface area contributed by atoms with Crippen LogP contribution in [0.2, 0.25) is 0 Å². The van der Waals surface area contributed by atoms with E-state index < -0.39 is 0 Å². The largest absolute Gasteiger partial charge is 0.276 e.